The Morgan fingerprint density at radius 3 is 2.72 bits per heavy atom. The molecular formula is C14H20FNO2. The van der Waals surface area contributed by atoms with Gasteiger partial charge in [0.05, 0.1) is 12.2 Å². The molecule has 0 spiro atoms. The third-order valence-corrected chi connectivity index (χ3v) is 3.45. The summed E-state index contributed by atoms with van der Waals surface area (Å²) in [4.78, 5) is 2.17. The summed E-state index contributed by atoms with van der Waals surface area (Å²) in [5, 5.41) is 19.5. The van der Waals surface area contributed by atoms with Crippen molar-refractivity contribution in [2.45, 2.75) is 31.5 Å². The minimum atomic E-state index is -0.565. The molecule has 1 fully saturated rings. The molecular weight excluding hydrogens is 233 g/mol. The van der Waals surface area contributed by atoms with Crippen molar-refractivity contribution in [1.29, 1.82) is 0 Å². The molecule has 0 radical (unpaired) electrons. The van der Waals surface area contributed by atoms with Gasteiger partial charge in [0.25, 0.3) is 0 Å². The highest BCUT2D eigenvalue weighted by Crippen LogP contribution is 2.18. The Morgan fingerprint density at radius 2 is 2.06 bits per heavy atom. The van der Waals surface area contributed by atoms with Crippen molar-refractivity contribution in [2.24, 2.45) is 0 Å². The standard InChI is InChI=1S/C14H20FNO2/c15-12-5-3-11(4-6-12)14(18)7-9-16-8-1-2-13(17)10-16/h3-6,13-14,17-18H,1-2,7-10H2. The maximum Gasteiger partial charge on any atom is 0.123 e. The van der Waals surface area contributed by atoms with Gasteiger partial charge in [0.1, 0.15) is 5.82 Å². The number of hydrogen-bond acceptors (Lipinski definition) is 3. The smallest absolute Gasteiger partial charge is 0.123 e. The first-order valence-corrected chi connectivity index (χ1v) is 6.49. The Bertz CT molecular complexity index is 369. The van der Waals surface area contributed by atoms with Crippen LogP contribution in [-0.2, 0) is 0 Å². The molecule has 100 valence electrons. The average Bonchev–Trinajstić information content (AvgIpc) is 2.37. The van der Waals surface area contributed by atoms with Crippen molar-refractivity contribution in [1.82, 2.24) is 4.90 Å². The average molecular weight is 253 g/mol. The number of halogens is 1. The molecule has 18 heavy (non-hydrogen) atoms. The van der Waals surface area contributed by atoms with Crippen LogP contribution >= 0.6 is 0 Å². The number of rotatable bonds is 4. The summed E-state index contributed by atoms with van der Waals surface area (Å²) in [6.45, 7) is 2.43. The van der Waals surface area contributed by atoms with E-state index in [0.29, 0.717) is 13.0 Å². The minimum Gasteiger partial charge on any atom is -0.392 e. The lowest BCUT2D eigenvalue weighted by molar-refractivity contribution is 0.0590. The van der Waals surface area contributed by atoms with E-state index in [1.807, 2.05) is 0 Å². The second-order valence-electron chi connectivity index (χ2n) is 4.95. The third kappa shape index (κ3) is 3.77. The highest BCUT2D eigenvalue weighted by atomic mass is 19.1. The lowest BCUT2D eigenvalue weighted by Crippen LogP contribution is -2.39. The SMILES string of the molecule is OC1CCCN(CCC(O)c2ccc(F)cc2)C1. The first-order chi connectivity index (χ1) is 8.65. The molecule has 0 aromatic heterocycles. The van der Waals surface area contributed by atoms with Crippen molar-refractivity contribution in [3.8, 4) is 0 Å². The number of benzene rings is 1. The quantitative estimate of drug-likeness (QED) is 0.858. The largest absolute Gasteiger partial charge is 0.392 e. The first-order valence-electron chi connectivity index (χ1n) is 6.49. The zero-order valence-corrected chi connectivity index (χ0v) is 10.4. The van der Waals surface area contributed by atoms with Gasteiger partial charge < -0.3 is 15.1 Å². The highest BCUT2D eigenvalue weighted by molar-refractivity contribution is 5.18. The lowest BCUT2D eigenvalue weighted by Gasteiger charge is -2.30. The van der Waals surface area contributed by atoms with Crippen LogP contribution in [-0.4, -0.2) is 40.9 Å². The van der Waals surface area contributed by atoms with Crippen LogP contribution in [0.2, 0.25) is 0 Å². The lowest BCUT2D eigenvalue weighted by atomic mass is 10.0. The molecule has 1 aromatic rings. The van der Waals surface area contributed by atoms with E-state index in [9.17, 15) is 14.6 Å². The number of hydrogen-bond donors (Lipinski definition) is 2. The Morgan fingerprint density at radius 1 is 1.33 bits per heavy atom. The minimum absolute atomic E-state index is 0.235. The van der Waals surface area contributed by atoms with E-state index in [1.54, 1.807) is 12.1 Å². The molecule has 1 saturated heterocycles. The molecule has 1 aliphatic heterocycles. The molecule has 0 aliphatic carbocycles. The van der Waals surface area contributed by atoms with E-state index >= 15 is 0 Å². The summed E-state index contributed by atoms with van der Waals surface area (Å²) in [6.07, 6.45) is 1.69. The van der Waals surface area contributed by atoms with E-state index in [2.05, 4.69) is 4.90 Å². The summed E-state index contributed by atoms with van der Waals surface area (Å²) in [5.41, 5.74) is 0.744. The van der Waals surface area contributed by atoms with Crippen LogP contribution in [0.4, 0.5) is 4.39 Å². The normalized spacial score (nSPS) is 22.9. The molecule has 0 bridgehead atoms. The van der Waals surface area contributed by atoms with Gasteiger partial charge in [-0.3, -0.25) is 0 Å². The van der Waals surface area contributed by atoms with E-state index in [1.165, 1.54) is 12.1 Å². The van der Waals surface area contributed by atoms with Crippen LogP contribution in [0.25, 0.3) is 0 Å². The molecule has 0 amide bonds. The topological polar surface area (TPSA) is 43.7 Å². The van der Waals surface area contributed by atoms with Crippen molar-refractivity contribution >= 4 is 0 Å². The Hall–Kier alpha value is -0.970. The van der Waals surface area contributed by atoms with Gasteiger partial charge in [-0.25, -0.2) is 4.39 Å². The maximum absolute atomic E-state index is 12.8. The molecule has 1 aliphatic rings. The number of aliphatic hydroxyl groups is 2. The van der Waals surface area contributed by atoms with Crippen molar-refractivity contribution in [2.75, 3.05) is 19.6 Å². The summed E-state index contributed by atoms with van der Waals surface area (Å²) >= 11 is 0. The zero-order chi connectivity index (χ0) is 13.0. The van der Waals surface area contributed by atoms with Crippen LogP contribution in [0.1, 0.15) is 30.9 Å². The number of nitrogens with zero attached hydrogens (tertiary/aromatic N) is 1. The molecule has 2 N–H and O–H groups in total. The Kier molecular flexibility index (Phi) is 4.69. The summed E-state index contributed by atoms with van der Waals surface area (Å²) < 4.78 is 12.8. The molecule has 2 unspecified atom stereocenters. The number of β-amino-alcohol motifs (C(OH)–C–C–N with tert-alkyl or cyclic N) is 1. The Balaban J connectivity index is 1.80. The van der Waals surface area contributed by atoms with E-state index in [-0.39, 0.29) is 11.9 Å². The van der Waals surface area contributed by atoms with Gasteiger partial charge in [-0.1, -0.05) is 12.1 Å². The highest BCUT2D eigenvalue weighted by Gasteiger charge is 2.18. The van der Waals surface area contributed by atoms with Crippen LogP contribution in [0.5, 0.6) is 0 Å². The molecule has 2 rings (SSSR count). The molecule has 3 nitrogen and oxygen atoms in total. The molecule has 2 atom stereocenters. The van der Waals surface area contributed by atoms with E-state index < -0.39 is 6.10 Å². The van der Waals surface area contributed by atoms with E-state index in [0.717, 1.165) is 31.5 Å². The second kappa shape index (κ2) is 6.27. The fourth-order valence-corrected chi connectivity index (χ4v) is 2.39. The maximum atomic E-state index is 12.8. The fraction of sp³-hybridized carbons (Fsp3) is 0.571. The van der Waals surface area contributed by atoms with Gasteiger partial charge in [-0.15, -0.1) is 0 Å². The van der Waals surface area contributed by atoms with Crippen LogP contribution < -0.4 is 0 Å². The van der Waals surface area contributed by atoms with Gasteiger partial charge in [0, 0.05) is 13.1 Å². The van der Waals surface area contributed by atoms with Crippen molar-refractivity contribution < 1.29 is 14.6 Å². The van der Waals surface area contributed by atoms with Gasteiger partial charge in [0.2, 0.25) is 0 Å². The predicted molar refractivity (Wildman–Crippen MR) is 67.7 cm³/mol. The number of likely N-dealkylation sites (tertiary alicyclic amines) is 1. The van der Waals surface area contributed by atoms with E-state index in [4.69, 9.17) is 0 Å². The first kappa shape index (κ1) is 13.5. The van der Waals surface area contributed by atoms with Gasteiger partial charge in [0.15, 0.2) is 0 Å². The monoisotopic (exact) mass is 253 g/mol. The summed E-state index contributed by atoms with van der Waals surface area (Å²) in [6, 6.07) is 5.96. The molecule has 1 aromatic carbocycles. The van der Waals surface area contributed by atoms with Gasteiger partial charge >= 0.3 is 0 Å². The van der Waals surface area contributed by atoms with Gasteiger partial charge in [-0.05, 0) is 43.5 Å². The summed E-state index contributed by atoms with van der Waals surface area (Å²) in [7, 11) is 0. The van der Waals surface area contributed by atoms with Crippen LogP contribution in [0.3, 0.4) is 0 Å². The molecule has 1 heterocycles. The van der Waals surface area contributed by atoms with Crippen molar-refractivity contribution in [3.05, 3.63) is 35.6 Å². The van der Waals surface area contributed by atoms with Gasteiger partial charge in [-0.2, -0.15) is 0 Å². The summed E-state index contributed by atoms with van der Waals surface area (Å²) in [5.74, 6) is -0.287. The molecule has 0 saturated carbocycles. The fourth-order valence-electron chi connectivity index (χ4n) is 2.39. The predicted octanol–water partition coefficient (Wildman–Crippen LogP) is 1.71. The zero-order valence-electron chi connectivity index (χ0n) is 10.4. The van der Waals surface area contributed by atoms with Crippen LogP contribution in [0, 0.1) is 5.82 Å². The number of aliphatic hydroxyl groups excluding tert-OH is 2. The Labute approximate surface area is 107 Å². The van der Waals surface area contributed by atoms with Crippen molar-refractivity contribution in [3.63, 3.8) is 0 Å². The third-order valence-electron chi connectivity index (χ3n) is 3.45. The van der Waals surface area contributed by atoms with Crippen LogP contribution in [0.15, 0.2) is 24.3 Å². The number of piperidine rings is 1. The molecule has 4 heteroatoms. The second-order valence-corrected chi connectivity index (χ2v) is 4.95.